The lowest BCUT2D eigenvalue weighted by molar-refractivity contribution is -0.189. The molecule has 0 aromatic heterocycles. The van der Waals surface area contributed by atoms with E-state index in [0.29, 0.717) is 42.5 Å². The van der Waals surface area contributed by atoms with Gasteiger partial charge in [0.2, 0.25) is 0 Å². The maximum absolute atomic E-state index is 15.1. The van der Waals surface area contributed by atoms with Crippen LogP contribution in [-0.4, -0.2) is 0 Å². The Morgan fingerprint density at radius 2 is 1.24 bits per heavy atom. The number of benzene rings is 4. The zero-order valence-electron chi connectivity index (χ0n) is 24.5. The third-order valence-electron chi connectivity index (χ3n) is 8.46. The number of hydrogen-bond acceptors (Lipinski definition) is 1. The Hall–Kier alpha value is -4.21. The summed E-state index contributed by atoms with van der Waals surface area (Å²) >= 11 is 0. The van der Waals surface area contributed by atoms with E-state index in [0.717, 1.165) is 68.5 Å². The van der Waals surface area contributed by atoms with E-state index in [1.54, 1.807) is 0 Å². The summed E-state index contributed by atoms with van der Waals surface area (Å²) in [7, 11) is 0. The van der Waals surface area contributed by atoms with Gasteiger partial charge in [0.1, 0.15) is 34.6 Å². The molecule has 0 radical (unpaired) electrons. The molecule has 1 nitrogen and oxygen atoms in total. The van der Waals surface area contributed by atoms with Crippen molar-refractivity contribution in [1.82, 2.24) is 0 Å². The number of unbranched alkanes of at least 4 members (excludes halogenated alkanes) is 1. The van der Waals surface area contributed by atoms with Gasteiger partial charge in [0.25, 0.3) is 0 Å². The molecule has 0 N–H and O–H groups in total. The molecule has 1 saturated carbocycles. The molecule has 0 heterocycles. The first kappa shape index (κ1) is 33.2. The van der Waals surface area contributed by atoms with Crippen LogP contribution in [0.3, 0.4) is 0 Å². The van der Waals surface area contributed by atoms with Crippen molar-refractivity contribution in [3.8, 4) is 28.0 Å². The Morgan fingerprint density at radius 3 is 1.83 bits per heavy atom. The quantitative estimate of drug-likeness (QED) is 0.0720. The predicted molar refractivity (Wildman–Crippen MR) is 157 cm³/mol. The molecule has 1 fully saturated rings. The molecule has 4 aromatic carbocycles. The first-order valence-electron chi connectivity index (χ1n) is 14.8. The van der Waals surface area contributed by atoms with Crippen molar-refractivity contribution in [2.24, 2.45) is 5.92 Å². The van der Waals surface area contributed by atoms with E-state index in [-0.39, 0.29) is 28.2 Å². The minimum absolute atomic E-state index is 0.0707. The molecule has 0 atom stereocenters. The fraction of sp³-hybridized carbons (Fsp3) is 0.278. The minimum atomic E-state index is -4.50. The van der Waals surface area contributed by atoms with Crippen molar-refractivity contribution in [3.05, 3.63) is 125 Å². The van der Waals surface area contributed by atoms with E-state index in [2.05, 4.69) is 11.3 Å². The number of halogens is 9. The minimum Gasteiger partial charge on any atom is -0.429 e. The molecule has 1 aliphatic rings. The monoisotopic (exact) mass is 648 g/mol. The molecule has 0 bridgehead atoms. The van der Waals surface area contributed by atoms with Gasteiger partial charge in [0, 0.05) is 17.2 Å². The Kier molecular flexibility index (Phi) is 9.84. The number of allylic oxidation sites excluding steroid dienone is 1. The second-order valence-electron chi connectivity index (χ2n) is 11.5. The van der Waals surface area contributed by atoms with Gasteiger partial charge in [0.05, 0.1) is 0 Å². The lowest BCUT2D eigenvalue weighted by Gasteiger charge is -2.29. The first-order valence-corrected chi connectivity index (χ1v) is 14.8. The SMILES string of the molecule is C=CCCCC1CCC(c2cc(F)c(C(F)(F)Oc3ccc(-c4ccc(-c5cc(F)c(F)c(F)c5)c(F)c4)c(F)c3)c(F)c2)CC1. The van der Waals surface area contributed by atoms with Crippen molar-refractivity contribution in [2.45, 2.75) is 57.0 Å². The molecule has 1 aliphatic carbocycles. The van der Waals surface area contributed by atoms with Crippen molar-refractivity contribution < 1.29 is 44.3 Å². The average Bonchev–Trinajstić information content (AvgIpc) is 2.99. The Morgan fingerprint density at radius 1 is 0.674 bits per heavy atom. The molecule has 46 heavy (non-hydrogen) atoms. The van der Waals surface area contributed by atoms with Crippen LogP contribution in [0.1, 0.15) is 62.0 Å². The van der Waals surface area contributed by atoms with Gasteiger partial charge in [-0.2, -0.15) is 8.78 Å². The highest BCUT2D eigenvalue weighted by molar-refractivity contribution is 5.72. The van der Waals surface area contributed by atoms with E-state index >= 15 is 13.2 Å². The summed E-state index contributed by atoms with van der Waals surface area (Å²) < 4.78 is 135. The van der Waals surface area contributed by atoms with Gasteiger partial charge in [0.15, 0.2) is 17.5 Å². The van der Waals surface area contributed by atoms with Crippen LogP contribution in [0.4, 0.5) is 39.5 Å². The average molecular weight is 649 g/mol. The van der Waals surface area contributed by atoms with E-state index in [1.807, 2.05) is 6.08 Å². The van der Waals surface area contributed by atoms with Crippen LogP contribution in [-0.2, 0) is 6.11 Å². The van der Waals surface area contributed by atoms with Gasteiger partial charge in [-0.25, -0.2) is 30.7 Å². The summed E-state index contributed by atoms with van der Waals surface area (Å²) in [6.07, 6.45) is 3.46. The molecule has 4 aromatic rings. The van der Waals surface area contributed by atoms with Gasteiger partial charge in [-0.3, -0.25) is 0 Å². The largest absolute Gasteiger partial charge is 0.432 e. The molecular formula is C36H29F9O. The highest BCUT2D eigenvalue weighted by atomic mass is 19.3. The van der Waals surface area contributed by atoms with Gasteiger partial charge >= 0.3 is 6.11 Å². The fourth-order valence-corrected chi connectivity index (χ4v) is 6.06. The molecule has 0 saturated heterocycles. The van der Waals surface area contributed by atoms with Crippen LogP contribution in [0.2, 0.25) is 0 Å². The standard InChI is InChI=1S/C36H29F9O/c1-2-3-4-5-20-6-8-21(9-7-20)23-15-30(39)34(31(40)16-23)36(44,45)46-25-11-13-26(29(38)19-25)22-10-12-27(28(37)14-22)24-17-32(41)35(43)33(42)18-24/h2,10-21H,1,3-9H2. The number of alkyl halides is 2. The molecule has 0 unspecified atom stereocenters. The summed E-state index contributed by atoms with van der Waals surface area (Å²) in [6, 6.07) is 8.58. The molecule has 10 heteroatoms. The van der Waals surface area contributed by atoms with E-state index < -0.39 is 58.1 Å². The summed E-state index contributed by atoms with van der Waals surface area (Å²) in [6.45, 7) is 3.71. The van der Waals surface area contributed by atoms with Crippen molar-refractivity contribution in [2.75, 3.05) is 0 Å². The number of rotatable bonds is 10. The summed E-state index contributed by atoms with van der Waals surface area (Å²) in [5, 5.41) is 0. The zero-order chi connectivity index (χ0) is 33.2. The van der Waals surface area contributed by atoms with Crippen LogP contribution in [0.15, 0.2) is 73.3 Å². The smallest absolute Gasteiger partial charge is 0.429 e. The van der Waals surface area contributed by atoms with Crippen LogP contribution in [0.5, 0.6) is 5.75 Å². The van der Waals surface area contributed by atoms with Crippen LogP contribution < -0.4 is 4.74 Å². The number of hydrogen-bond donors (Lipinski definition) is 0. The fourth-order valence-electron chi connectivity index (χ4n) is 6.06. The zero-order valence-corrected chi connectivity index (χ0v) is 24.5. The van der Waals surface area contributed by atoms with Gasteiger partial charge < -0.3 is 4.74 Å². The van der Waals surface area contributed by atoms with Crippen molar-refractivity contribution >= 4 is 0 Å². The third-order valence-corrected chi connectivity index (χ3v) is 8.46. The highest BCUT2D eigenvalue weighted by Gasteiger charge is 2.42. The van der Waals surface area contributed by atoms with Gasteiger partial charge in [-0.05, 0) is 110 Å². The molecule has 5 rings (SSSR count). The molecule has 0 aliphatic heterocycles. The maximum atomic E-state index is 15.1. The van der Waals surface area contributed by atoms with E-state index in [4.69, 9.17) is 0 Å². The third kappa shape index (κ3) is 7.11. The van der Waals surface area contributed by atoms with Gasteiger partial charge in [-0.1, -0.05) is 24.6 Å². The molecular weight excluding hydrogens is 619 g/mol. The topological polar surface area (TPSA) is 9.23 Å². The second kappa shape index (κ2) is 13.6. The normalized spacial score (nSPS) is 16.8. The lowest BCUT2D eigenvalue weighted by atomic mass is 9.77. The molecule has 242 valence electrons. The number of ether oxygens (including phenoxy) is 1. The Labute approximate surface area is 260 Å². The predicted octanol–water partition coefficient (Wildman–Crippen LogP) is 11.8. The first-order chi connectivity index (χ1) is 21.9. The summed E-state index contributed by atoms with van der Waals surface area (Å²) in [5.74, 6) is -10.3. The van der Waals surface area contributed by atoms with Crippen LogP contribution in [0.25, 0.3) is 22.3 Å². The maximum Gasteiger partial charge on any atom is 0.432 e. The van der Waals surface area contributed by atoms with Crippen LogP contribution in [0, 0.1) is 46.6 Å². The van der Waals surface area contributed by atoms with E-state index in [1.165, 1.54) is 6.07 Å². The van der Waals surface area contributed by atoms with Crippen molar-refractivity contribution in [3.63, 3.8) is 0 Å². The molecule has 0 amide bonds. The van der Waals surface area contributed by atoms with Gasteiger partial charge in [-0.15, -0.1) is 6.58 Å². The summed E-state index contributed by atoms with van der Waals surface area (Å²) in [5.41, 5.74) is -2.24. The highest BCUT2D eigenvalue weighted by Crippen LogP contribution is 2.42. The second-order valence-corrected chi connectivity index (χ2v) is 11.5. The van der Waals surface area contributed by atoms with E-state index in [9.17, 15) is 26.3 Å². The van der Waals surface area contributed by atoms with Crippen molar-refractivity contribution in [1.29, 1.82) is 0 Å². The lowest BCUT2D eigenvalue weighted by Crippen LogP contribution is -2.26. The Balaban J connectivity index is 1.30. The molecule has 0 spiro atoms. The van der Waals surface area contributed by atoms with Crippen LogP contribution >= 0.6 is 0 Å². The summed E-state index contributed by atoms with van der Waals surface area (Å²) in [4.78, 5) is 0. The Bertz CT molecular complexity index is 1700.